The third-order valence-corrected chi connectivity index (χ3v) is 4.84. The third-order valence-electron chi connectivity index (χ3n) is 4.59. The highest BCUT2D eigenvalue weighted by atomic mass is 35.5. The van der Waals surface area contributed by atoms with E-state index in [9.17, 15) is 5.11 Å². The summed E-state index contributed by atoms with van der Waals surface area (Å²) in [7, 11) is 0. The van der Waals surface area contributed by atoms with Crippen LogP contribution in [0.5, 0.6) is 11.5 Å². The van der Waals surface area contributed by atoms with Crippen LogP contribution in [0.15, 0.2) is 54.6 Å². The van der Waals surface area contributed by atoms with E-state index < -0.39 is 6.10 Å². The number of para-hydroxylation sites is 1. The van der Waals surface area contributed by atoms with E-state index in [1.54, 1.807) is 0 Å². The number of aliphatic hydroxyl groups excluding tert-OH is 1. The number of nitrogens with zero attached hydrogens (tertiary/aromatic N) is 1. The molecule has 0 bridgehead atoms. The first-order chi connectivity index (χ1) is 12.1. The van der Waals surface area contributed by atoms with Gasteiger partial charge in [0.2, 0.25) is 0 Å². The largest absolute Gasteiger partial charge is 0.491 e. The van der Waals surface area contributed by atoms with Crippen LogP contribution in [-0.2, 0) is 0 Å². The molecule has 3 rings (SSSR count). The maximum atomic E-state index is 10.4. The molecule has 0 saturated carbocycles. The lowest BCUT2D eigenvalue weighted by Crippen LogP contribution is -2.43. The summed E-state index contributed by atoms with van der Waals surface area (Å²) < 4.78 is 11.7. The molecule has 0 amide bonds. The molecule has 0 radical (unpaired) electrons. The van der Waals surface area contributed by atoms with Gasteiger partial charge in [-0.3, -0.25) is 4.90 Å². The Morgan fingerprint density at radius 2 is 1.84 bits per heavy atom. The second-order valence-electron chi connectivity index (χ2n) is 6.41. The van der Waals surface area contributed by atoms with E-state index in [0.717, 1.165) is 31.0 Å². The van der Waals surface area contributed by atoms with Gasteiger partial charge in [-0.2, -0.15) is 0 Å². The molecule has 2 aromatic rings. The number of aliphatic hydroxyl groups is 1. The first-order valence-corrected chi connectivity index (χ1v) is 9.02. The summed E-state index contributed by atoms with van der Waals surface area (Å²) in [4.78, 5) is 2.25. The summed E-state index contributed by atoms with van der Waals surface area (Å²) in [5.41, 5.74) is 0. The number of halogens is 1. The van der Waals surface area contributed by atoms with E-state index in [1.807, 2.05) is 61.5 Å². The number of benzene rings is 2. The Bertz CT molecular complexity index is 650. The van der Waals surface area contributed by atoms with Gasteiger partial charge in [0, 0.05) is 24.2 Å². The maximum absolute atomic E-state index is 10.4. The molecule has 0 aromatic heterocycles. The predicted molar refractivity (Wildman–Crippen MR) is 99.5 cm³/mol. The Morgan fingerprint density at radius 1 is 1.12 bits per heavy atom. The van der Waals surface area contributed by atoms with Gasteiger partial charge in [0.15, 0.2) is 0 Å². The molecule has 1 heterocycles. The van der Waals surface area contributed by atoms with Crippen molar-refractivity contribution < 1.29 is 14.6 Å². The summed E-state index contributed by atoms with van der Waals surface area (Å²) in [6.07, 6.45) is 0.527. The summed E-state index contributed by atoms with van der Waals surface area (Å²) in [5, 5.41) is 11.1. The monoisotopic (exact) mass is 361 g/mol. The van der Waals surface area contributed by atoms with Crippen molar-refractivity contribution in [2.45, 2.75) is 31.6 Å². The fourth-order valence-corrected chi connectivity index (χ4v) is 3.13. The number of ether oxygens (including phenoxy) is 2. The van der Waals surface area contributed by atoms with Crippen LogP contribution in [0.3, 0.4) is 0 Å². The van der Waals surface area contributed by atoms with E-state index in [2.05, 4.69) is 4.90 Å². The zero-order chi connectivity index (χ0) is 17.6. The standard InChI is InChI=1S/C20H24ClNO3/c1-15(20(23)14-24-17-5-3-2-4-6-17)22-12-11-19(13-22)25-18-9-7-16(21)8-10-18/h2-10,15,19-20,23H,11-14H2,1H3/t15-,19?,20-/m0/s1. The van der Waals surface area contributed by atoms with Crippen molar-refractivity contribution >= 4 is 11.6 Å². The highest BCUT2D eigenvalue weighted by Gasteiger charge is 2.31. The summed E-state index contributed by atoms with van der Waals surface area (Å²) >= 11 is 5.90. The molecule has 1 N–H and O–H groups in total. The van der Waals surface area contributed by atoms with Crippen LogP contribution in [0.25, 0.3) is 0 Å². The highest BCUT2D eigenvalue weighted by Crippen LogP contribution is 2.22. The molecule has 2 aromatic carbocycles. The van der Waals surface area contributed by atoms with Crippen LogP contribution in [0.1, 0.15) is 13.3 Å². The van der Waals surface area contributed by atoms with Gasteiger partial charge < -0.3 is 14.6 Å². The highest BCUT2D eigenvalue weighted by molar-refractivity contribution is 6.30. The molecular weight excluding hydrogens is 338 g/mol. The van der Waals surface area contributed by atoms with Gasteiger partial charge in [0.05, 0.1) is 0 Å². The molecule has 1 aliphatic rings. The van der Waals surface area contributed by atoms with Crippen molar-refractivity contribution in [2.24, 2.45) is 0 Å². The molecule has 1 saturated heterocycles. The van der Waals surface area contributed by atoms with Crippen LogP contribution < -0.4 is 9.47 Å². The number of hydrogen-bond acceptors (Lipinski definition) is 4. The summed E-state index contributed by atoms with van der Waals surface area (Å²) in [6, 6.07) is 17.0. The van der Waals surface area contributed by atoms with Gasteiger partial charge >= 0.3 is 0 Å². The van der Waals surface area contributed by atoms with Crippen molar-refractivity contribution in [3.05, 3.63) is 59.6 Å². The normalized spacial score (nSPS) is 20.2. The molecule has 25 heavy (non-hydrogen) atoms. The maximum Gasteiger partial charge on any atom is 0.119 e. The van der Waals surface area contributed by atoms with Gasteiger partial charge in [-0.25, -0.2) is 0 Å². The van der Waals surface area contributed by atoms with Crippen molar-refractivity contribution in [3.8, 4) is 11.5 Å². The minimum atomic E-state index is -0.547. The van der Waals surface area contributed by atoms with Crippen molar-refractivity contribution in [3.63, 3.8) is 0 Å². The molecule has 0 spiro atoms. The van der Waals surface area contributed by atoms with Gasteiger partial charge in [0.1, 0.15) is 30.3 Å². The van der Waals surface area contributed by atoms with E-state index in [1.165, 1.54) is 0 Å². The van der Waals surface area contributed by atoms with Crippen LogP contribution >= 0.6 is 11.6 Å². The number of likely N-dealkylation sites (tertiary alicyclic amines) is 1. The van der Waals surface area contributed by atoms with Crippen molar-refractivity contribution in [1.82, 2.24) is 4.90 Å². The van der Waals surface area contributed by atoms with Gasteiger partial charge in [-0.15, -0.1) is 0 Å². The average molecular weight is 362 g/mol. The van der Waals surface area contributed by atoms with Gasteiger partial charge in [-0.1, -0.05) is 29.8 Å². The second kappa shape index (κ2) is 8.56. The smallest absolute Gasteiger partial charge is 0.119 e. The molecule has 5 heteroatoms. The summed E-state index contributed by atoms with van der Waals surface area (Å²) in [6.45, 7) is 4.02. The Labute approximate surface area is 153 Å². The van der Waals surface area contributed by atoms with Crippen molar-refractivity contribution in [1.29, 1.82) is 0 Å². The zero-order valence-corrected chi connectivity index (χ0v) is 15.1. The molecule has 1 fully saturated rings. The molecule has 1 unspecified atom stereocenters. The first-order valence-electron chi connectivity index (χ1n) is 8.64. The lowest BCUT2D eigenvalue weighted by molar-refractivity contribution is 0.0309. The second-order valence-corrected chi connectivity index (χ2v) is 6.85. The lowest BCUT2D eigenvalue weighted by Gasteiger charge is -2.28. The predicted octanol–water partition coefficient (Wildman–Crippen LogP) is 3.62. The summed E-state index contributed by atoms with van der Waals surface area (Å²) in [5.74, 6) is 1.61. The molecule has 134 valence electrons. The van der Waals surface area contributed by atoms with Crippen molar-refractivity contribution in [2.75, 3.05) is 19.7 Å². The lowest BCUT2D eigenvalue weighted by atomic mass is 10.2. The Morgan fingerprint density at radius 3 is 2.56 bits per heavy atom. The first kappa shape index (κ1) is 18.1. The molecule has 1 aliphatic heterocycles. The minimum Gasteiger partial charge on any atom is -0.491 e. The minimum absolute atomic E-state index is 0.0162. The fraction of sp³-hybridized carbons (Fsp3) is 0.400. The average Bonchev–Trinajstić information content (AvgIpc) is 3.10. The van der Waals surface area contributed by atoms with E-state index in [0.29, 0.717) is 5.02 Å². The molecule has 3 atom stereocenters. The van der Waals surface area contributed by atoms with Crippen LogP contribution in [0, 0.1) is 0 Å². The number of hydrogen-bond donors (Lipinski definition) is 1. The fourth-order valence-electron chi connectivity index (χ4n) is 3.01. The van der Waals surface area contributed by atoms with Crippen LogP contribution in [-0.4, -0.2) is 48.0 Å². The van der Waals surface area contributed by atoms with E-state index in [4.69, 9.17) is 21.1 Å². The van der Waals surface area contributed by atoms with E-state index >= 15 is 0 Å². The Hall–Kier alpha value is -1.75. The topological polar surface area (TPSA) is 41.9 Å². The number of rotatable bonds is 7. The van der Waals surface area contributed by atoms with E-state index in [-0.39, 0.29) is 18.8 Å². The van der Waals surface area contributed by atoms with Crippen LogP contribution in [0.2, 0.25) is 5.02 Å². The molecule has 4 nitrogen and oxygen atoms in total. The quantitative estimate of drug-likeness (QED) is 0.817. The van der Waals surface area contributed by atoms with Gasteiger partial charge in [0.25, 0.3) is 0 Å². The zero-order valence-electron chi connectivity index (χ0n) is 14.3. The SMILES string of the molecule is C[C@@H]([C@@H](O)COc1ccccc1)N1CCC(Oc2ccc(Cl)cc2)C1. The van der Waals surface area contributed by atoms with Crippen LogP contribution in [0.4, 0.5) is 0 Å². The Kier molecular flexibility index (Phi) is 6.19. The molecule has 0 aliphatic carbocycles. The molecular formula is C20H24ClNO3. The Balaban J connectivity index is 1.46. The third kappa shape index (κ3) is 5.11. The van der Waals surface area contributed by atoms with Gasteiger partial charge in [-0.05, 0) is 49.7 Å².